The van der Waals surface area contributed by atoms with Gasteiger partial charge in [0.15, 0.2) is 18.1 Å². The quantitative estimate of drug-likeness (QED) is 0.632. The van der Waals surface area contributed by atoms with E-state index in [4.69, 9.17) is 14.2 Å². The Bertz CT molecular complexity index is 825. The number of para-hydroxylation sites is 2. The van der Waals surface area contributed by atoms with Gasteiger partial charge in [-0.3, -0.25) is 4.79 Å². The number of ether oxygens (including phenoxy) is 3. The van der Waals surface area contributed by atoms with Gasteiger partial charge in [0.05, 0.1) is 0 Å². The summed E-state index contributed by atoms with van der Waals surface area (Å²) < 4.78 is 16.2. The largest absolute Gasteiger partial charge is 0.485 e. The number of fused-ring (bicyclic) bond motifs is 1. The maximum absolute atomic E-state index is 12.4. The molecule has 0 saturated carbocycles. The van der Waals surface area contributed by atoms with E-state index in [1.54, 1.807) is 18.2 Å². The zero-order chi connectivity index (χ0) is 18.0. The van der Waals surface area contributed by atoms with E-state index in [0.29, 0.717) is 17.1 Å². The SMILES string of the molecule is Cc1cc(C)c(C(=O)COC(=O)C2COc3ccccc3O2)cc1C. The second kappa shape index (κ2) is 6.97. The normalized spacial score (nSPS) is 15.6. The molecule has 1 unspecified atom stereocenters. The predicted octanol–water partition coefficient (Wildman–Crippen LogP) is 3.18. The van der Waals surface area contributed by atoms with Gasteiger partial charge in [-0.1, -0.05) is 18.2 Å². The van der Waals surface area contributed by atoms with Crippen LogP contribution in [-0.2, 0) is 9.53 Å². The van der Waals surface area contributed by atoms with Gasteiger partial charge in [-0.05, 0) is 55.7 Å². The Morgan fingerprint density at radius 2 is 1.72 bits per heavy atom. The molecule has 0 saturated heterocycles. The molecule has 1 aliphatic rings. The van der Waals surface area contributed by atoms with Gasteiger partial charge in [-0.25, -0.2) is 4.79 Å². The van der Waals surface area contributed by atoms with Crippen molar-refractivity contribution in [2.24, 2.45) is 0 Å². The Morgan fingerprint density at radius 3 is 2.48 bits per heavy atom. The van der Waals surface area contributed by atoms with Crippen LogP contribution in [0.4, 0.5) is 0 Å². The Hall–Kier alpha value is -2.82. The van der Waals surface area contributed by atoms with Crippen LogP contribution in [0.5, 0.6) is 11.5 Å². The number of benzene rings is 2. The zero-order valence-electron chi connectivity index (χ0n) is 14.5. The van der Waals surface area contributed by atoms with Gasteiger partial charge in [0.2, 0.25) is 11.9 Å². The summed E-state index contributed by atoms with van der Waals surface area (Å²) in [5.41, 5.74) is 3.59. The van der Waals surface area contributed by atoms with E-state index >= 15 is 0 Å². The highest BCUT2D eigenvalue weighted by Crippen LogP contribution is 2.31. The van der Waals surface area contributed by atoms with Crippen LogP contribution in [0, 0.1) is 20.8 Å². The number of rotatable bonds is 4. The van der Waals surface area contributed by atoms with Gasteiger partial charge < -0.3 is 14.2 Å². The van der Waals surface area contributed by atoms with Crippen molar-refractivity contribution in [2.75, 3.05) is 13.2 Å². The smallest absolute Gasteiger partial charge is 0.351 e. The van der Waals surface area contributed by atoms with Gasteiger partial charge >= 0.3 is 5.97 Å². The van der Waals surface area contributed by atoms with Gasteiger partial charge in [0.25, 0.3) is 0 Å². The summed E-state index contributed by atoms with van der Waals surface area (Å²) in [6.07, 6.45) is -0.872. The number of hydrogen-bond acceptors (Lipinski definition) is 5. The van der Waals surface area contributed by atoms with Gasteiger partial charge in [-0.15, -0.1) is 0 Å². The van der Waals surface area contributed by atoms with Crippen LogP contribution >= 0.6 is 0 Å². The topological polar surface area (TPSA) is 61.8 Å². The molecule has 2 aromatic carbocycles. The minimum atomic E-state index is -0.872. The molecule has 0 aliphatic carbocycles. The molecular weight excluding hydrogens is 320 g/mol. The fourth-order valence-electron chi connectivity index (χ4n) is 2.70. The number of hydrogen-bond donors (Lipinski definition) is 0. The molecule has 0 spiro atoms. The van der Waals surface area contributed by atoms with Crippen molar-refractivity contribution in [2.45, 2.75) is 26.9 Å². The Morgan fingerprint density at radius 1 is 1.04 bits per heavy atom. The Labute approximate surface area is 146 Å². The van der Waals surface area contributed by atoms with Crippen molar-refractivity contribution in [3.8, 4) is 11.5 Å². The second-order valence-electron chi connectivity index (χ2n) is 6.15. The molecule has 0 fully saturated rings. The molecule has 25 heavy (non-hydrogen) atoms. The highest BCUT2D eigenvalue weighted by molar-refractivity contribution is 5.99. The van der Waals surface area contributed by atoms with Crippen LogP contribution in [0.25, 0.3) is 0 Å². The minimum Gasteiger partial charge on any atom is -0.485 e. The number of Topliss-reactive ketones (excluding diaryl/α,β-unsaturated/α-hetero) is 1. The third kappa shape index (κ3) is 3.65. The maximum atomic E-state index is 12.4. The standard InChI is InChI=1S/C20H20O5/c1-12-8-14(3)15(9-13(12)2)16(21)10-24-20(22)19-11-23-17-6-4-5-7-18(17)25-19/h4-9,19H,10-11H2,1-3H3. The first-order chi connectivity index (χ1) is 12.0. The first-order valence-electron chi connectivity index (χ1n) is 8.12. The van der Waals surface area contributed by atoms with Crippen LogP contribution in [0.15, 0.2) is 36.4 Å². The molecule has 1 heterocycles. The van der Waals surface area contributed by atoms with E-state index in [-0.39, 0.29) is 19.0 Å². The fourth-order valence-corrected chi connectivity index (χ4v) is 2.70. The molecule has 5 nitrogen and oxygen atoms in total. The minimum absolute atomic E-state index is 0.0622. The Kier molecular flexibility index (Phi) is 4.74. The Balaban J connectivity index is 1.61. The number of carbonyl (C=O) groups excluding carboxylic acids is 2. The number of aryl methyl sites for hydroxylation is 3. The van der Waals surface area contributed by atoms with Crippen molar-refractivity contribution in [1.29, 1.82) is 0 Å². The average Bonchev–Trinajstić information content (AvgIpc) is 2.62. The first kappa shape index (κ1) is 17.0. The van der Waals surface area contributed by atoms with E-state index in [0.717, 1.165) is 16.7 Å². The molecule has 130 valence electrons. The summed E-state index contributed by atoms with van der Waals surface area (Å²) in [4.78, 5) is 24.5. The van der Waals surface area contributed by atoms with Crippen LogP contribution in [0.3, 0.4) is 0 Å². The van der Waals surface area contributed by atoms with Gasteiger partial charge in [-0.2, -0.15) is 0 Å². The molecule has 2 aromatic rings. The number of esters is 1. The third-order valence-corrected chi connectivity index (χ3v) is 4.26. The van der Waals surface area contributed by atoms with E-state index in [2.05, 4.69) is 0 Å². The van der Waals surface area contributed by atoms with E-state index < -0.39 is 12.1 Å². The molecule has 0 aromatic heterocycles. The first-order valence-corrected chi connectivity index (χ1v) is 8.12. The molecule has 1 atom stereocenters. The van der Waals surface area contributed by atoms with Crippen molar-refractivity contribution in [1.82, 2.24) is 0 Å². The molecule has 0 bridgehead atoms. The van der Waals surface area contributed by atoms with E-state index in [1.165, 1.54) is 0 Å². The van der Waals surface area contributed by atoms with E-state index in [1.807, 2.05) is 39.0 Å². The summed E-state index contributed by atoms with van der Waals surface area (Å²) >= 11 is 0. The second-order valence-corrected chi connectivity index (χ2v) is 6.15. The number of ketones is 1. The fraction of sp³-hybridized carbons (Fsp3) is 0.300. The van der Waals surface area contributed by atoms with Crippen molar-refractivity contribution >= 4 is 11.8 Å². The highest BCUT2D eigenvalue weighted by atomic mass is 16.6. The highest BCUT2D eigenvalue weighted by Gasteiger charge is 2.29. The zero-order valence-corrected chi connectivity index (χ0v) is 14.5. The summed E-state index contributed by atoms with van der Waals surface area (Å²) in [6, 6.07) is 10.9. The van der Waals surface area contributed by atoms with Gasteiger partial charge in [0.1, 0.15) is 6.61 Å². The molecule has 5 heteroatoms. The molecule has 0 radical (unpaired) electrons. The predicted molar refractivity (Wildman–Crippen MR) is 92.3 cm³/mol. The van der Waals surface area contributed by atoms with Crippen LogP contribution in [-0.4, -0.2) is 31.1 Å². The van der Waals surface area contributed by atoms with Crippen LogP contribution < -0.4 is 9.47 Å². The van der Waals surface area contributed by atoms with E-state index in [9.17, 15) is 9.59 Å². The van der Waals surface area contributed by atoms with Crippen molar-refractivity contribution < 1.29 is 23.8 Å². The average molecular weight is 340 g/mol. The van der Waals surface area contributed by atoms with Crippen LogP contribution in [0.1, 0.15) is 27.0 Å². The molecule has 0 N–H and O–H groups in total. The summed E-state index contributed by atoms with van der Waals surface area (Å²) in [5, 5.41) is 0. The lowest BCUT2D eigenvalue weighted by Crippen LogP contribution is -2.38. The lowest BCUT2D eigenvalue weighted by molar-refractivity contribution is -0.153. The summed E-state index contributed by atoms with van der Waals surface area (Å²) in [7, 11) is 0. The monoisotopic (exact) mass is 340 g/mol. The number of carbonyl (C=O) groups is 2. The third-order valence-electron chi connectivity index (χ3n) is 4.26. The molecule has 0 amide bonds. The van der Waals surface area contributed by atoms with Crippen LogP contribution in [0.2, 0.25) is 0 Å². The molecular formula is C20H20O5. The lowest BCUT2D eigenvalue weighted by Gasteiger charge is -2.24. The van der Waals surface area contributed by atoms with Crippen molar-refractivity contribution in [3.05, 3.63) is 58.7 Å². The lowest BCUT2D eigenvalue weighted by atomic mass is 9.98. The molecule has 1 aliphatic heterocycles. The maximum Gasteiger partial charge on any atom is 0.351 e. The van der Waals surface area contributed by atoms with Gasteiger partial charge in [0, 0.05) is 5.56 Å². The summed E-state index contributed by atoms with van der Waals surface area (Å²) in [5.74, 6) is 0.246. The molecule has 3 rings (SSSR count). The van der Waals surface area contributed by atoms with Crippen molar-refractivity contribution in [3.63, 3.8) is 0 Å². The summed E-state index contributed by atoms with van der Waals surface area (Å²) in [6.45, 7) is 5.56.